The summed E-state index contributed by atoms with van der Waals surface area (Å²) in [5.74, 6) is 1.04. The Morgan fingerprint density at radius 2 is 2.15 bits per heavy atom. The molecular weight excluding hydrogens is 348 g/mol. The van der Waals surface area contributed by atoms with Crippen molar-refractivity contribution in [1.29, 1.82) is 0 Å². The lowest BCUT2D eigenvalue weighted by Crippen LogP contribution is -2.14. The van der Waals surface area contributed by atoms with E-state index in [1.165, 1.54) is 17.3 Å². The van der Waals surface area contributed by atoms with E-state index in [1.54, 1.807) is 6.33 Å². The molecule has 0 unspecified atom stereocenters. The van der Waals surface area contributed by atoms with E-state index in [2.05, 4.69) is 22.4 Å². The summed E-state index contributed by atoms with van der Waals surface area (Å²) in [5.41, 5.74) is 4.64. The lowest BCUT2D eigenvalue weighted by molar-refractivity contribution is -0.113. The molecule has 4 rings (SSSR count). The summed E-state index contributed by atoms with van der Waals surface area (Å²) in [5, 5.41) is 11.9. The highest BCUT2D eigenvalue weighted by Gasteiger charge is 2.14. The molecule has 1 N–H and O–H groups in total. The van der Waals surface area contributed by atoms with Gasteiger partial charge in [-0.05, 0) is 31.0 Å². The standard InChI is InChI=1S/C19H18N4O2S/c1-3-13-5-4-6-14(8-13)21-18(24)10-26-19-16-9-17-15(7-12(2)25-17)23(16)11-20-22-19/h4-9,11H,3,10H2,1-2H3,(H,21,24). The molecule has 0 fully saturated rings. The van der Waals surface area contributed by atoms with Crippen molar-refractivity contribution in [3.63, 3.8) is 0 Å². The fourth-order valence-corrected chi connectivity index (χ4v) is 3.66. The number of hydrogen-bond donors (Lipinski definition) is 1. The number of furan rings is 1. The monoisotopic (exact) mass is 366 g/mol. The van der Waals surface area contributed by atoms with Crippen LogP contribution in [0.25, 0.3) is 16.6 Å². The number of nitrogens with one attached hydrogen (secondary N) is 1. The van der Waals surface area contributed by atoms with Crippen LogP contribution in [0.2, 0.25) is 0 Å². The first-order chi connectivity index (χ1) is 12.6. The topological polar surface area (TPSA) is 72.4 Å². The molecule has 0 saturated heterocycles. The van der Waals surface area contributed by atoms with E-state index in [0.29, 0.717) is 5.03 Å². The molecule has 0 aliphatic carbocycles. The number of carbonyl (C=O) groups is 1. The van der Waals surface area contributed by atoms with Crippen molar-refractivity contribution >= 4 is 40.0 Å². The zero-order valence-corrected chi connectivity index (χ0v) is 15.3. The molecule has 4 aromatic rings. The fourth-order valence-electron chi connectivity index (χ4n) is 2.91. The molecule has 3 aromatic heterocycles. The minimum Gasteiger partial charge on any atom is -0.460 e. The van der Waals surface area contributed by atoms with Gasteiger partial charge in [0.2, 0.25) is 5.91 Å². The minimum atomic E-state index is -0.0712. The second kappa shape index (κ2) is 6.84. The van der Waals surface area contributed by atoms with Gasteiger partial charge in [-0.2, -0.15) is 0 Å². The van der Waals surface area contributed by atoms with Gasteiger partial charge in [0.25, 0.3) is 0 Å². The lowest BCUT2D eigenvalue weighted by atomic mass is 10.1. The molecule has 3 heterocycles. The Morgan fingerprint density at radius 3 is 3.00 bits per heavy atom. The third-order valence-corrected chi connectivity index (χ3v) is 5.11. The average Bonchev–Trinajstić information content (AvgIpc) is 3.16. The van der Waals surface area contributed by atoms with Crippen molar-refractivity contribution < 1.29 is 9.21 Å². The summed E-state index contributed by atoms with van der Waals surface area (Å²) < 4.78 is 7.60. The molecule has 1 aromatic carbocycles. The molecule has 132 valence electrons. The predicted octanol–water partition coefficient (Wildman–Crippen LogP) is 4.08. The molecule has 0 aliphatic rings. The van der Waals surface area contributed by atoms with Crippen molar-refractivity contribution in [2.24, 2.45) is 0 Å². The highest BCUT2D eigenvalue weighted by Crippen LogP contribution is 2.28. The number of fused-ring (bicyclic) bond motifs is 3. The van der Waals surface area contributed by atoms with Gasteiger partial charge >= 0.3 is 0 Å². The summed E-state index contributed by atoms with van der Waals surface area (Å²) in [6.07, 6.45) is 2.60. The van der Waals surface area contributed by atoms with Gasteiger partial charge in [0.15, 0.2) is 5.58 Å². The normalized spacial score (nSPS) is 11.3. The van der Waals surface area contributed by atoms with E-state index in [-0.39, 0.29) is 11.7 Å². The maximum atomic E-state index is 12.3. The van der Waals surface area contributed by atoms with Crippen LogP contribution in [0.15, 0.2) is 52.2 Å². The van der Waals surface area contributed by atoms with Crippen LogP contribution >= 0.6 is 11.8 Å². The van der Waals surface area contributed by atoms with Gasteiger partial charge in [0, 0.05) is 17.8 Å². The number of nitrogens with zero attached hydrogens (tertiary/aromatic N) is 3. The number of rotatable bonds is 5. The Morgan fingerprint density at radius 1 is 1.27 bits per heavy atom. The van der Waals surface area contributed by atoms with Crippen LogP contribution in [-0.2, 0) is 11.2 Å². The van der Waals surface area contributed by atoms with E-state index in [4.69, 9.17) is 4.42 Å². The third-order valence-electron chi connectivity index (χ3n) is 4.14. The quantitative estimate of drug-likeness (QED) is 0.539. The van der Waals surface area contributed by atoms with Crippen molar-refractivity contribution in [1.82, 2.24) is 14.6 Å². The van der Waals surface area contributed by atoms with Gasteiger partial charge in [0.1, 0.15) is 17.1 Å². The van der Waals surface area contributed by atoms with Crippen LogP contribution in [0.1, 0.15) is 18.2 Å². The maximum absolute atomic E-state index is 12.3. The Hall–Kier alpha value is -2.80. The molecule has 0 spiro atoms. The van der Waals surface area contributed by atoms with E-state index in [9.17, 15) is 4.79 Å². The first-order valence-electron chi connectivity index (χ1n) is 8.38. The molecule has 0 saturated carbocycles. The number of anilines is 1. The molecule has 6 nitrogen and oxygen atoms in total. The number of amides is 1. The van der Waals surface area contributed by atoms with E-state index in [1.807, 2.05) is 47.7 Å². The molecule has 26 heavy (non-hydrogen) atoms. The summed E-state index contributed by atoms with van der Waals surface area (Å²) in [7, 11) is 0. The number of benzene rings is 1. The van der Waals surface area contributed by atoms with Crippen molar-refractivity contribution in [2.45, 2.75) is 25.3 Å². The van der Waals surface area contributed by atoms with Gasteiger partial charge in [-0.1, -0.05) is 30.8 Å². The lowest BCUT2D eigenvalue weighted by Gasteiger charge is -2.07. The first kappa shape index (κ1) is 16.7. The number of thioether (sulfide) groups is 1. The van der Waals surface area contributed by atoms with Gasteiger partial charge in [-0.3, -0.25) is 9.20 Å². The third kappa shape index (κ3) is 3.17. The van der Waals surface area contributed by atoms with Crippen LogP contribution in [0.5, 0.6) is 0 Å². The first-order valence-corrected chi connectivity index (χ1v) is 9.37. The Bertz CT molecular complexity index is 1100. The second-order valence-corrected chi connectivity index (χ2v) is 7.00. The molecule has 7 heteroatoms. The minimum absolute atomic E-state index is 0.0712. The number of hydrogen-bond acceptors (Lipinski definition) is 5. The van der Waals surface area contributed by atoms with Gasteiger partial charge in [0.05, 0.1) is 16.8 Å². The Balaban J connectivity index is 1.50. The summed E-state index contributed by atoms with van der Waals surface area (Å²) in [6.45, 7) is 4.00. The molecule has 1 amide bonds. The van der Waals surface area contributed by atoms with Gasteiger partial charge in [-0.25, -0.2) is 0 Å². The molecule has 0 atom stereocenters. The SMILES string of the molecule is CCc1cccc(NC(=O)CSc2nncn3c2cc2oc(C)cc23)c1. The molecule has 0 aliphatic heterocycles. The van der Waals surface area contributed by atoms with Crippen LogP contribution in [0, 0.1) is 6.92 Å². The van der Waals surface area contributed by atoms with Crippen LogP contribution in [-0.4, -0.2) is 26.3 Å². The summed E-state index contributed by atoms with van der Waals surface area (Å²) in [4.78, 5) is 12.3. The second-order valence-electron chi connectivity index (χ2n) is 6.03. The number of aryl methyl sites for hydroxylation is 2. The Kier molecular flexibility index (Phi) is 4.38. The highest BCUT2D eigenvalue weighted by molar-refractivity contribution is 8.00. The van der Waals surface area contributed by atoms with E-state index < -0.39 is 0 Å². The highest BCUT2D eigenvalue weighted by atomic mass is 32.2. The fraction of sp³-hybridized carbons (Fsp3) is 0.211. The largest absolute Gasteiger partial charge is 0.460 e. The predicted molar refractivity (Wildman–Crippen MR) is 103 cm³/mol. The van der Waals surface area contributed by atoms with Crippen LogP contribution in [0.3, 0.4) is 0 Å². The zero-order valence-electron chi connectivity index (χ0n) is 14.5. The maximum Gasteiger partial charge on any atom is 0.234 e. The molecule has 0 bridgehead atoms. The smallest absolute Gasteiger partial charge is 0.234 e. The summed E-state index contributed by atoms with van der Waals surface area (Å²) >= 11 is 1.36. The van der Waals surface area contributed by atoms with E-state index >= 15 is 0 Å². The van der Waals surface area contributed by atoms with Crippen LogP contribution in [0.4, 0.5) is 5.69 Å². The molecule has 0 radical (unpaired) electrons. The van der Waals surface area contributed by atoms with Crippen LogP contribution < -0.4 is 5.32 Å². The van der Waals surface area contributed by atoms with E-state index in [0.717, 1.165) is 34.5 Å². The van der Waals surface area contributed by atoms with Crippen molar-refractivity contribution in [3.05, 3.63) is 54.0 Å². The average molecular weight is 366 g/mol. The van der Waals surface area contributed by atoms with Gasteiger partial charge in [-0.15, -0.1) is 10.2 Å². The van der Waals surface area contributed by atoms with Gasteiger partial charge < -0.3 is 9.73 Å². The molecular formula is C19H18N4O2S. The number of carbonyl (C=O) groups excluding carboxylic acids is 1. The Labute approximate surface area is 154 Å². The van der Waals surface area contributed by atoms with Crippen molar-refractivity contribution in [2.75, 3.05) is 11.1 Å². The van der Waals surface area contributed by atoms with Crippen molar-refractivity contribution in [3.8, 4) is 0 Å². The zero-order chi connectivity index (χ0) is 18.1. The summed E-state index contributed by atoms with van der Waals surface area (Å²) in [6, 6.07) is 11.8. The number of aromatic nitrogens is 3.